The van der Waals surface area contributed by atoms with E-state index in [1.165, 1.54) is 6.92 Å². The molecule has 0 saturated heterocycles. The summed E-state index contributed by atoms with van der Waals surface area (Å²) in [4.78, 5) is 25.3. The average molecular weight is 374 g/mol. The largest absolute Gasteiger partial charge is 0.494 e. The fourth-order valence-corrected chi connectivity index (χ4v) is 2.91. The molecule has 0 aromatic heterocycles. The number of nitrogens with zero attached hydrogens (tertiary/aromatic N) is 1. The summed E-state index contributed by atoms with van der Waals surface area (Å²) in [5.74, 6) is 0.769. The molecule has 0 aliphatic rings. The number of ketones is 1. The minimum Gasteiger partial charge on any atom is -0.494 e. The van der Waals surface area contributed by atoms with Crippen molar-refractivity contribution in [2.45, 2.75) is 32.7 Å². The van der Waals surface area contributed by atoms with Crippen LogP contribution in [0.25, 0.3) is 0 Å². The number of rotatable bonds is 8. The third kappa shape index (κ3) is 5.33. The second-order valence-electron chi connectivity index (χ2n) is 6.23. The van der Waals surface area contributed by atoms with Crippen molar-refractivity contribution in [2.75, 3.05) is 13.7 Å². The summed E-state index contributed by atoms with van der Waals surface area (Å²) >= 11 is 6.21. The number of carbonyl (C=O) groups is 2. The highest BCUT2D eigenvalue weighted by Crippen LogP contribution is 2.26. The molecular formula is C21H24ClNO3. The van der Waals surface area contributed by atoms with E-state index in [4.69, 9.17) is 16.3 Å². The van der Waals surface area contributed by atoms with Crippen molar-refractivity contribution in [3.63, 3.8) is 0 Å². The fraction of sp³-hybridized carbons (Fsp3) is 0.333. The zero-order chi connectivity index (χ0) is 19.1. The minimum absolute atomic E-state index is 0.0258. The van der Waals surface area contributed by atoms with Crippen molar-refractivity contribution in [2.24, 2.45) is 0 Å². The van der Waals surface area contributed by atoms with Crippen LogP contribution in [-0.2, 0) is 4.79 Å². The van der Waals surface area contributed by atoms with Crippen LogP contribution < -0.4 is 4.74 Å². The van der Waals surface area contributed by atoms with Crippen LogP contribution in [0.4, 0.5) is 0 Å². The maximum absolute atomic E-state index is 12.4. The Morgan fingerprint density at radius 3 is 2.38 bits per heavy atom. The molecule has 0 bridgehead atoms. The second-order valence-corrected chi connectivity index (χ2v) is 6.64. The molecule has 1 amide bonds. The third-order valence-corrected chi connectivity index (χ3v) is 4.74. The molecule has 0 spiro atoms. The third-order valence-electron chi connectivity index (χ3n) is 4.39. The lowest BCUT2D eigenvalue weighted by Crippen LogP contribution is -2.29. The van der Waals surface area contributed by atoms with Crippen molar-refractivity contribution in [3.05, 3.63) is 64.7 Å². The number of hydrogen-bond donors (Lipinski definition) is 0. The molecule has 2 aromatic carbocycles. The van der Waals surface area contributed by atoms with E-state index < -0.39 is 0 Å². The Bertz CT molecular complexity index is 758. The molecule has 1 atom stereocenters. The molecule has 5 heteroatoms. The number of ether oxygens (including phenoxy) is 1. The van der Waals surface area contributed by atoms with Crippen LogP contribution in [0, 0.1) is 0 Å². The second kappa shape index (κ2) is 9.39. The summed E-state index contributed by atoms with van der Waals surface area (Å²) < 4.78 is 5.63. The first-order chi connectivity index (χ1) is 12.4. The summed E-state index contributed by atoms with van der Waals surface area (Å²) in [5, 5.41) is 0.664. The van der Waals surface area contributed by atoms with Gasteiger partial charge in [0, 0.05) is 24.1 Å². The van der Waals surface area contributed by atoms with Gasteiger partial charge in [-0.15, -0.1) is 0 Å². The molecule has 0 saturated carbocycles. The van der Waals surface area contributed by atoms with Gasteiger partial charge < -0.3 is 9.64 Å². The van der Waals surface area contributed by atoms with Gasteiger partial charge in [0.25, 0.3) is 0 Å². The summed E-state index contributed by atoms with van der Waals surface area (Å²) in [6, 6.07) is 14.5. The summed E-state index contributed by atoms with van der Waals surface area (Å²) in [6.45, 7) is 3.94. The number of carbonyl (C=O) groups excluding carboxylic acids is 2. The van der Waals surface area contributed by atoms with Crippen LogP contribution >= 0.6 is 11.6 Å². The van der Waals surface area contributed by atoms with Crippen LogP contribution in [0.1, 0.15) is 48.7 Å². The van der Waals surface area contributed by atoms with Gasteiger partial charge in [0.2, 0.25) is 5.91 Å². The lowest BCUT2D eigenvalue weighted by atomic mass is 10.1. The smallest absolute Gasteiger partial charge is 0.222 e. The van der Waals surface area contributed by atoms with Crippen LogP contribution in [0.5, 0.6) is 5.75 Å². The first-order valence-corrected chi connectivity index (χ1v) is 9.02. The van der Waals surface area contributed by atoms with Crippen molar-refractivity contribution in [3.8, 4) is 5.75 Å². The number of benzene rings is 2. The molecule has 138 valence electrons. The Kier molecular flexibility index (Phi) is 7.22. The molecule has 1 unspecified atom stereocenters. The van der Waals surface area contributed by atoms with Gasteiger partial charge in [-0.3, -0.25) is 9.59 Å². The molecule has 2 rings (SSSR count). The maximum atomic E-state index is 12.4. The van der Waals surface area contributed by atoms with E-state index in [-0.39, 0.29) is 17.7 Å². The average Bonchev–Trinajstić information content (AvgIpc) is 2.64. The van der Waals surface area contributed by atoms with Crippen molar-refractivity contribution >= 4 is 23.3 Å². The van der Waals surface area contributed by atoms with Crippen molar-refractivity contribution in [1.82, 2.24) is 4.90 Å². The maximum Gasteiger partial charge on any atom is 0.222 e. The lowest BCUT2D eigenvalue weighted by molar-refractivity contribution is -0.132. The van der Waals surface area contributed by atoms with Gasteiger partial charge in [0.15, 0.2) is 5.78 Å². The number of amides is 1. The summed E-state index contributed by atoms with van der Waals surface area (Å²) in [7, 11) is 1.79. The van der Waals surface area contributed by atoms with Gasteiger partial charge in [-0.1, -0.05) is 29.8 Å². The highest BCUT2D eigenvalue weighted by Gasteiger charge is 2.18. The zero-order valence-electron chi connectivity index (χ0n) is 15.4. The van der Waals surface area contributed by atoms with Crippen molar-refractivity contribution < 1.29 is 14.3 Å². The van der Waals surface area contributed by atoms with Crippen LogP contribution in [0.2, 0.25) is 5.02 Å². The number of halogens is 1. The standard InChI is InChI=1S/C21H24ClNO3/c1-15(19-7-4-5-8-20(19)22)23(3)21(25)9-6-14-26-18-12-10-17(11-13-18)16(2)24/h4-5,7-8,10-13,15H,6,9,14H2,1-3H3. The van der Waals surface area contributed by atoms with Gasteiger partial charge in [-0.05, 0) is 56.2 Å². The van der Waals surface area contributed by atoms with Gasteiger partial charge in [-0.25, -0.2) is 0 Å². The molecule has 4 nitrogen and oxygen atoms in total. The highest BCUT2D eigenvalue weighted by molar-refractivity contribution is 6.31. The van der Waals surface area contributed by atoms with E-state index in [2.05, 4.69) is 0 Å². The van der Waals surface area contributed by atoms with E-state index in [9.17, 15) is 9.59 Å². The van der Waals surface area contributed by atoms with Crippen LogP contribution in [-0.4, -0.2) is 30.2 Å². The minimum atomic E-state index is -0.0868. The van der Waals surface area contributed by atoms with E-state index >= 15 is 0 Å². The van der Waals surface area contributed by atoms with Crippen molar-refractivity contribution in [1.29, 1.82) is 0 Å². The van der Waals surface area contributed by atoms with Crippen LogP contribution in [0.3, 0.4) is 0 Å². The lowest BCUT2D eigenvalue weighted by Gasteiger charge is -2.26. The Balaban J connectivity index is 1.79. The Labute approximate surface area is 159 Å². The Hall–Kier alpha value is -2.33. The van der Waals surface area contributed by atoms with E-state index in [0.717, 1.165) is 5.56 Å². The van der Waals surface area contributed by atoms with Crippen LogP contribution in [0.15, 0.2) is 48.5 Å². The van der Waals surface area contributed by atoms with E-state index in [1.54, 1.807) is 36.2 Å². The highest BCUT2D eigenvalue weighted by atomic mass is 35.5. The molecule has 0 aliphatic heterocycles. The molecule has 0 N–H and O–H groups in total. The fourth-order valence-electron chi connectivity index (χ4n) is 2.61. The first kappa shape index (κ1) is 20.0. The summed E-state index contributed by atoms with van der Waals surface area (Å²) in [5.41, 5.74) is 1.59. The zero-order valence-corrected chi connectivity index (χ0v) is 16.1. The molecule has 0 radical (unpaired) electrons. The quantitative estimate of drug-likeness (QED) is 0.487. The number of hydrogen-bond acceptors (Lipinski definition) is 3. The van der Waals surface area contributed by atoms with Gasteiger partial charge in [-0.2, -0.15) is 0 Å². The normalized spacial score (nSPS) is 11.7. The molecule has 0 heterocycles. The first-order valence-electron chi connectivity index (χ1n) is 8.64. The van der Waals surface area contributed by atoms with E-state index in [0.29, 0.717) is 35.8 Å². The Morgan fingerprint density at radius 2 is 1.77 bits per heavy atom. The van der Waals surface area contributed by atoms with E-state index in [1.807, 2.05) is 31.2 Å². The van der Waals surface area contributed by atoms with Gasteiger partial charge in [0.1, 0.15) is 5.75 Å². The number of Topliss-reactive ketones (excluding diaryl/α,β-unsaturated/α-hetero) is 1. The Morgan fingerprint density at radius 1 is 1.12 bits per heavy atom. The predicted octanol–water partition coefficient (Wildman–Crippen LogP) is 4.92. The summed E-state index contributed by atoms with van der Waals surface area (Å²) in [6.07, 6.45) is 1.02. The molecule has 0 aliphatic carbocycles. The SMILES string of the molecule is CC(=O)c1ccc(OCCCC(=O)N(C)C(C)c2ccccc2Cl)cc1. The van der Waals surface area contributed by atoms with Gasteiger partial charge >= 0.3 is 0 Å². The molecule has 2 aromatic rings. The predicted molar refractivity (Wildman–Crippen MR) is 104 cm³/mol. The molecular weight excluding hydrogens is 350 g/mol. The van der Waals surface area contributed by atoms with Gasteiger partial charge in [0.05, 0.1) is 12.6 Å². The topological polar surface area (TPSA) is 46.6 Å². The molecule has 0 fully saturated rings. The monoisotopic (exact) mass is 373 g/mol. The molecule has 26 heavy (non-hydrogen) atoms.